The molecule has 0 spiro atoms. The minimum Gasteiger partial charge on any atom is -0.460 e. The molecule has 0 bridgehead atoms. The molecule has 1 aliphatic rings. The van der Waals surface area contributed by atoms with Crippen molar-refractivity contribution in [3.05, 3.63) is 35.9 Å². The predicted octanol–water partition coefficient (Wildman–Crippen LogP) is 1.82. The van der Waals surface area contributed by atoms with Crippen LogP contribution in [-0.2, 0) is 16.1 Å². The minimum absolute atomic E-state index is 0.0105. The molecule has 1 fully saturated rings. The molecule has 86 valence electrons. The monoisotopic (exact) mass is 219 g/mol. The van der Waals surface area contributed by atoms with Gasteiger partial charge in [-0.25, -0.2) is 0 Å². The molecule has 16 heavy (non-hydrogen) atoms. The van der Waals surface area contributed by atoms with Crippen molar-refractivity contribution in [2.75, 3.05) is 6.54 Å². The molecule has 0 radical (unpaired) electrons. The second kappa shape index (κ2) is 4.66. The van der Waals surface area contributed by atoms with Crippen LogP contribution in [0.2, 0.25) is 0 Å². The third-order valence-electron chi connectivity index (χ3n) is 2.81. The number of esters is 1. The lowest BCUT2D eigenvalue weighted by atomic mass is 10.2. The highest BCUT2D eigenvalue weighted by atomic mass is 16.5. The molecular formula is C13H17NO2. The third-order valence-corrected chi connectivity index (χ3v) is 2.81. The van der Waals surface area contributed by atoms with Crippen LogP contribution >= 0.6 is 0 Å². The first kappa shape index (κ1) is 11.1. The Kier molecular flexibility index (Phi) is 3.25. The molecule has 3 nitrogen and oxygen atoms in total. The van der Waals surface area contributed by atoms with E-state index in [1.165, 1.54) is 0 Å². The van der Waals surface area contributed by atoms with Gasteiger partial charge in [0.15, 0.2) is 0 Å². The maximum absolute atomic E-state index is 11.6. The van der Waals surface area contributed by atoms with E-state index in [1.807, 2.05) is 30.3 Å². The van der Waals surface area contributed by atoms with Crippen molar-refractivity contribution in [3.63, 3.8) is 0 Å². The van der Waals surface area contributed by atoms with Crippen molar-refractivity contribution in [2.45, 2.75) is 32.5 Å². The zero-order valence-corrected chi connectivity index (χ0v) is 9.72. The number of ether oxygens (including phenoxy) is 1. The largest absolute Gasteiger partial charge is 0.460 e. The Morgan fingerprint density at radius 2 is 2.12 bits per heavy atom. The van der Waals surface area contributed by atoms with Gasteiger partial charge in [-0.1, -0.05) is 30.3 Å². The summed E-state index contributed by atoms with van der Waals surface area (Å²) in [6, 6.07) is 10.2. The van der Waals surface area contributed by atoms with E-state index in [9.17, 15) is 4.79 Å². The number of carbonyl (C=O) groups is 1. The number of benzene rings is 1. The van der Waals surface area contributed by atoms with E-state index in [-0.39, 0.29) is 12.0 Å². The first-order chi connectivity index (χ1) is 7.68. The second-order valence-electron chi connectivity index (χ2n) is 4.40. The van der Waals surface area contributed by atoms with Crippen molar-refractivity contribution in [1.82, 2.24) is 4.90 Å². The van der Waals surface area contributed by atoms with Gasteiger partial charge in [-0.15, -0.1) is 0 Å². The summed E-state index contributed by atoms with van der Waals surface area (Å²) in [6.07, 6.45) is 0. The van der Waals surface area contributed by atoms with Gasteiger partial charge in [0.1, 0.15) is 12.6 Å². The predicted molar refractivity (Wildman–Crippen MR) is 61.9 cm³/mol. The van der Waals surface area contributed by atoms with Crippen molar-refractivity contribution >= 4 is 5.97 Å². The van der Waals surface area contributed by atoms with Gasteiger partial charge in [0.05, 0.1) is 0 Å². The molecule has 0 saturated carbocycles. The summed E-state index contributed by atoms with van der Waals surface area (Å²) in [5.41, 5.74) is 1.03. The fourth-order valence-corrected chi connectivity index (χ4v) is 1.76. The zero-order valence-electron chi connectivity index (χ0n) is 9.72. The molecule has 3 heteroatoms. The standard InChI is InChI=1S/C13H17NO2/c1-10(2)14-8-12(14)13(15)16-9-11-6-4-3-5-7-11/h3-7,10,12H,8-9H2,1-2H3/t12-,14?/m1/s1. The van der Waals surface area contributed by atoms with Gasteiger partial charge in [0.2, 0.25) is 0 Å². The van der Waals surface area contributed by atoms with Crippen LogP contribution in [0.25, 0.3) is 0 Å². The van der Waals surface area contributed by atoms with Crippen LogP contribution in [0.1, 0.15) is 19.4 Å². The number of carbonyl (C=O) groups excluding carboxylic acids is 1. The molecule has 1 unspecified atom stereocenters. The van der Waals surface area contributed by atoms with E-state index in [0.29, 0.717) is 12.6 Å². The molecular weight excluding hydrogens is 202 g/mol. The maximum Gasteiger partial charge on any atom is 0.325 e. The molecule has 0 amide bonds. The maximum atomic E-state index is 11.6. The summed E-state index contributed by atoms with van der Waals surface area (Å²) in [5, 5.41) is 0. The van der Waals surface area contributed by atoms with Gasteiger partial charge in [-0.05, 0) is 19.4 Å². The number of hydrogen-bond donors (Lipinski definition) is 0. The van der Waals surface area contributed by atoms with E-state index < -0.39 is 0 Å². The Morgan fingerprint density at radius 3 is 2.69 bits per heavy atom. The van der Waals surface area contributed by atoms with E-state index in [2.05, 4.69) is 18.7 Å². The van der Waals surface area contributed by atoms with Crippen molar-refractivity contribution in [2.24, 2.45) is 0 Å². The van der Waals surface area contributed by atoms with Crippen LogP contribution in [0, 0.1) is 0 Å². The second-order valence-corrected chi connectivity index (χ2v) is 4.40. The number of nitrogens with zero attached hydrogens (tertiary/aromatic N) is 1. The molecule has 1 saturated heterocycles. The number of hydrogen-bond acceptors (Lipinski definition) is 3. The Labute approximate surface area is 96.0 Å². The highest BCUT2D eigenvalue weighted by molar-refractivity contribution is 5.79. The summed E-state index contributed by atoms with van der Waals surface area (Å²) in [5.74, 6) is -0.0995. The Hall–Kier alpha value is -1.35. The molecule has 1 aromatic carbocycles. The highest BCUT2D eigenvalue weighted by Crippen LogP contribution is 2.22. The van der Waals surface area contributed by atoms with Crippen molar-refractivity contribution in [1.29, 1.82) is 0 Å². The zero-order chi connectivity index (χ0) is 11.5. The van der Waals surface area contributed by atoms with Gasteiger partial charge in [0.25, 0.3) is 0 Å². The average Bonchev–Trinajstić information content (AvgIpc) is 3.07. The average molecular weight is 219 g/mol. The fraction of sp³-hybridized carbons (Fsp3) is 0.462. The summed E-state index contributed by atoms with van der Waals surface area (Å²) < 4.78 is 5.25. The Balaban J connectivity index is 1.78. The van der Waals surface area contributed by atoms with Gasteiger partial charge < -0.3 is 4.74 Å². The van der Waals surface area contributed by atoms with Crippen LogP contribution in [0.3, 0.4) is 0 Å². The highest BCUT2D eigenvalue weighted by Gasteiger charge is 2.43. The van der Waals surface area contributed by atoms with Crippen LogP contribution in [0.15, 0.2) is 30.3 Å². The smallest absolute Gasteiger partial charge is 0.325 e. The molecule has 2 atom stereocenters. The molecule has 1 heterocycles. The summed E-state index contributed by atoms with van der Waals surface area (Å²) in [6.45, 7) is 5.39. The molecule has 1 aromatic rings. The topological polar surface area (TPSA) is 29.3 Å². The molecule has 0 aliphatic carbocycles. The van der Waals surface area contributed by atoms with E-state index in [1.54, 1.807) is 0 Å². The molecule has 0 aromatic heterocycles. The van der Waals surface area contributed by atoms with E-state index in [0.717, 1.165) is 12.1 Å². The first-order valence-corrected chi connectivity index (χ1v) is 5.65. The van der Waals surface area contributed by atoms with E-state index >= 15 is 0 Å². The summed E-state index contributed by atoms with van der Waals surface area (Å²) >= 11 is 0. The molecule has 0 N–H and O–H groups in total. The van der Waals surface area contributed by atoms with Crippen molar-refractivity contribution < 1.29 is 9.53 Å². The van der Waals surface area contributed by atoms with Gasteiger partial charge in [-0.2, -0.15) is 0 Å². The third kappa shape index (κ3) is 2.61. The van der Waals surface area contributed by atoms with Crippen LogP contribution in [-0.4, -0.2) is 29.5 Å². The number of rotatable bonds is 4. The molecule has 1 aliphatic heterocycles. The summed E-state index contributed by atoms with van der Waals surface area (Å²) in [7, 11) is 0. The fourth-order valence-electron chi connectivity index (χ4n) is 1.76. The minimum atomic E-state index is -0.0995. The van der Waals surface area contributed by atoms with Gasteiger partial charge in [-0.3, -0.25) is 9.69 Å². The van der Waals surface area contributed by atoms with E-state index in [4.69, 9.17) is 4.74 Å². The van der Waals surface area contributed by atoms with Crippen molar-refractivity contribution in [3.8, 4) is 0 Å². The quantitative estimate of drug-likeness (QED) is 0.571. The molecule has 2 rings (SSSR count). The first-order valence-electron chi connectivity index (χ1n) is 5.65. The van der Waals surface area contributed by atoms with Crippen LogP contribution < -0.4 is 0 Å². The lowest BCUT2D eigenvalue weighted by Gasteiger charge is -2.07. The lowest BCUT2D eigenvalue weighted by molar-refractivity contribution is -0.145. The Morgan fingerprint density at radius 1 is 1.44 bits per heavy atom. The lowest BCUT2D eigenvalue weighted by Crippen LogP contribution is -2.20. The summed E-state index contributed by atoms with van der Waals surface area (Å²) in [4.78, 5) is 13.7. The Bertz CT molecular complexity index is 361. The van der Waals surface area contributed by atoms with Crippen LogP contribution in [0.4, 0.5) is 0 Å². The van der Waals surface area contributed by atoms with Crippen LogP contribution in [0.5, 0.6) is 0 Å². The van der Waals surface area contributed by atoms with Gasteiger partial charge >= 0.3 is 5.97 Å². The SMILES string of the molecule is CC(C)N1C[C@@H]1C(=O)OCc1ccccc1. The normalized spacial score (nSPS) is 23.2. The van der Waals surface area contributed by atoms with Gasteiger partial charge in [0, 0.05) is 12.6 Å².